The van der Waals surface area contributed by atoms with Crippen molar-refractivity contribution in [1.29, 1.82) is 0 Å². The molecule has 1 fully saturated rings. The lowest BCUT2D eigenvalue weighted by Gasteiger charge is -2.08. The van der Waals surface area contributed by atoms with Crippen LogP contribution in [-0.4, -0.2) is 25.8 Å². The first-order valence-electron chi connectivity index (χ1n) is 4.44. The summed E-state index contributed by atoms with van der Waals surface area (Å²) in [6.45, 7) is 1.60. The summed E-state index contributed by atoms with van der Waals surface area (Å²) < 4.78 is 16.1. The zero-order valence-electron chi connectivity index (χ0n) is 7.81. The fourth-order valence-corrected chi connectivity index (χ4v) is 1.43. The molecular formula is C10H9BrO4. The Bertz CT molecular complexity index is 362. The maximum atomic E-state index is 10.3. The van der Waals surface area contributed by atoms with Gasteiger partial charge in [0.15, 0.2) is 11.5 Å². The molecule has 0 bridgehead atoms. The van der Waals surface area contributed by atoms with Crippen molar-refractivity contribution in [3.8, 4) is 11.5 Å². The summed E-state index contributed by atoms with van der Waals surface area (Å²) in [5.74, 6) is 0.945. The molecule has 0 aromatic heterocycles. The number of carbonyl (C=O) groups is 1. The lowest BCUT2D eigenvalue weighted by atomic mass is 10.3. The third-order valence-corrected chi connectivity index (χ3v) is 2.40. The van der Waals surface area contributed by atoms with Crippen LogP contribution < -0.4 is 9.47 Å². The Morgan fingerprint density at radius 1 is 1.53 bits per heavy atom. The minimum absolute atomic E-state index is 0.178. The average Bonchev–Trinajstić information content (AvgIpc) is 3.01. The van der Waals surface area contributed by atoms with E-state index in [9.17, 15) is 4.79 Å². The average molecular weight is 273 g/mol. The summed E-state index contributed by atoms with van der Waals surface area (Å²) in [7, 11) is 0. The highest BCUT2D eigenvalue weighted by atomic mass is 79.9. The van der Waals surface area contributed by atoms with Crippen LogP contribution in [0, 0.1) is 0 Å². The van der Waals surface area contributed by atoms with Gasteiger partial charge >= 0.3 is 0 Å². The molecule has 0 saturated carbocycles. The predicted octanol–water partition coefficient (Wildman–Crippen LogP) is 1.76. The Morgan fingerprint density at radius 2 is 2.33 bits per heavy atom. The normalized spacial score (nSPS) is 18.3. The van der Waals surface area contributed by atoms with E-state index in [0.717, 1.165) is 11.1 Å². The summed E-state index contributed by atoms with van der Waals surface area (Å²) >= 11 is 3.28. The van der Waals surface area contributed by atoms with Crippen molar-refractivity contribution in [2.45, 2.75) is 6.10 Å². The summed E-state index contributed by atoms with van der Waals surface area (Å²) in [4.78, 5) is 10.3. The second kappa shape index (κ2) is 4.63. The molecule has 0 amide bonds. The van der Waals surface area contributed by atoms with Crippen LogP contribution in [0.25, 0.3) is 0 Å². The molecule has 1 aromatic carbocycles. The van der Waals surface area contributed by atoms with Crippen LogP contribution in [0.5, 0.6) is 11.5 Å². The Morgan fingerprint density at radius 3 is 3.00 bits per heavy atom. The van der Waals surface area contributed by atoms with Gasteiger partial charge in [0.25, 0.3) is 6.47 Å². The van der Waals surface area contributed by atoms with Crippen molar-refractivity contribution in [3.05, 3.63) is 22.7 Å². The van der Waals surface area contributed by atoms with E-state index in [0.29, 0.717) is 24.6 Å². The fraction of sp³-hybridized carbons (Fsp3) is 0.300. The van der Waals surface area contributed by atoms with Crippen molar-refractivity contribution in [2.24, 2.45) is 0 Å². The molecule has 15 heavy (non-hydrogen) atoms. The van der Waals surface area contributed by atoms with Crippen LogP contribution in [0.3, 0.4) is 0 Å². The van der Waals surface area contributed by atoms with Gasteiger partial charge in [-0.25, -0.2) is 0 Å². The standard InChI is InChI=1S/C10H9BrO4/c11-7-1-2-9(10(3-7)15-6-12)14-5-8-4-13-8/h1-3,6,8H,4-5H2/t8-/m1/s1. The van der Waals surface area contributed by atoms with E-state index in [1.807, 2.05) is 6.07 Å². The first kappa shape index (κ1) is 10.4. The number of carbonyl (C=O) groups excluding carboxylic acids is 1. The maximum Gasteiger partial charge on any atom is 0.298 e. The zero-order valence-corrected chi connectivity index (χ0v) is 9.40. The third kappa shape index (κ3) is 2.94. The summed E-state index contributed by atoms with van der Waals surface area (Å²) in [6, 6.07) is 5.24. The van der Waals surface area contributed by atoms with E-state index in [-0.39, 0.29) is 6.10 Å². The summed E-state index contributed by atoms with van der Waals surface area (Å²) in [5, 5.41) is 0. The molecule has 1 heterocycles. The van der Waals surface area contributed by atoms with E-state index >= 15 is 0 Å². The van der Waals surface area contributed by atoms with Gasteiger partial charge in [0.05, 0.1) is 6.61 Å². The van der Waals surface area contributed by atoms with Crippen LogP contribution in [0.4, 0.5) is 0 Å². The molecule has 80 valence electrons. The molecule has 0 radical (unpaired) electrons. The molecule has 1 aliphatic rings. The second-order valence-corrected chi connectivity index (χ2v) is 3.99. The molecule has 0 spiro atoms. The molecule has 0 N–H and O–H groups in total. The Hall–Kier alpha value is -1.07. The van der Waals surface area contributed by atoms with E-state index in [2.05, 4.69) is 15.9 Å². The van der Waals surface area contributed by atoms with Crippen molar-refractivity contribution in [1.82, 2.24) is 0 Å². The van der Waals surface area contributed by atoms with Crippen molar-refractivity contribution in [3.63, 3.8) is 0 Å². The SMILES string of the molecule is O=COc1cc(Br)ccc1OC[C@H]1CO1. The first-order valence-corrected chi connectivity index (χ1v) is 5.23. The molecule has 2 rings (SSSR count). The van der Waals surface area contributed by atoms with Crippen molar-refractivity contribution in [2.75, 3.05) is 13.2 Å². The van der Waals surface area contributed by atoms with Crippen molar-refractivity contribution >= 4 is 22.4 Å². The Labute approximate surface area is 95.3 Å². The Kier molecular flexibility index (Phi) is 3.23. The maximum absolute atomic E-state index is 10.3. The lowest BCUT2D eigenvalue weighted by molar-refractivity contribution is -0.120. The van der Waals surface area contributed by atoms with E-state index < -0.39 is 0 Å². The third-order valence-electron chi connectivity index (χ3n) is 1.91. The van der Waals surface area contributed by atoms with Crippen LogP contribution in [0.15, 0.2) is 22.7 Å². The molecule has 5 heteroatoms. The number of halogens is 1. The first-order chi connectivity index (χ1) is 7.29. The monoisotopic (exact) mass is 272 g/mol. The second-order valence-electron chi connectivity index (χ2n) is 3.07. The number of epoxide rings is 1. The highest BCUT2D eigenvalue weighted by molar-refractivity contribution is 9.10. The molecular weight excluding hydrogens is 264 g/mol. The van der Waals surface area contributed by atoms with Crippen LogP contribution in [0.1, 0.15) is 0 Å². The van der Waals surface area contributed by atoms with Gasteiger partial charge in [0.1, 0.15) is 12.7 Å². The molecule has 1 aromatic rings. The summed E-state index contributed by atoms with van der Waals surface area (Å²) in [5.41, 5.74) is 0. The molecule has 0 aliphatic carbocycles. The van der Waals surface area contributed by atoms with Crippen LogP contribution in [-0.2, 0) is 9.53 Å². The fourth-order valence-electron chi connectivity index (χ4n) is 1.09. The van der Waals surface area contributed by atoms with Gasteiger partial charge in [-0.05, 0) is 18.2 Å². The quantitative estimate of drug-likeness (QED) is 0.606. The minimum atomic E-state index is 0.178. The topological polar surface area (TPSA) is 48.1 Å². The highest BCUT2D eigenvalue weighted by Crippen LogP contribution is 2.30. The molecule has 4 nitrogen and oxygen atoms in total. The van der Waals surface area contributed by atoms with E-state index in [1.54, 1.807) is 12.1 Å². The number of ether oxygens (including phenoxy) is 3. The van der Waals surface area contributed by atoms with Gasteiger partial charge < -0.3 is 14.2 Å². The van der Waals surface area contributed by atoms with Gasteiger partial charge in [-0.3, -0.25) is 4.79 Å². The van der Waals surface area contributed by atoms with Gasteiger partial charge in [0, 0.05) is 4.47 Å². The van der Waals surface area contributed by atoms with Gasteiger partial charge in [0.2, 0.25) is 0 Å². The number of benzene rings is 1. The smallest absolute Gasteiger partial charge is 0.298 e. The zero-order chi connectivity index (χ0) is 10.7. The van der Waals surface area contributed by atoms with E-state index in [1.165, 1.54) is 0 Å². The predicted molar refractivity (Wildman–Crippen MR) is 56.1 cm³/mol. The number of hydrogen-bond acceptors (Lipinski definition) is 4. The largest absolute Gasteiger partial charge is 0.487 e. The number of hydrogen-bond donors (Lipinski definition) is 0. The van der Waals surface area contributed by atoms with Crippen LogP contribution >= 0.6 is 15.9 Å². The van der Waals surface area contributed by atoms with Gasteiger partial charge in [-0.15, -0.1) is 0 Å². The summed E-state index contributed by atoms with van der Waals surface area (Å²) in [6.07, 6.45) is 0.178. The molecule has 1 atom stereocenters. The number of rotatable bonds is 5. The van der Waals surface area contributed by atoms with Gasteiger partial charge in [-0.1, -0.05) is 15.9 Å². The van der Waals surface area contributed by atoms with Crippen molar-refractivity contribution < 1.29 is 19.0 Å². The highest BCUT2D eigenvalue weighted by Gasteiger charge is 2.23. The molecule has 1 saturated heterocycles. The Balaban J connectivity index is 2.08. The molecule has 0 unspecified atom stereocenters. The molecule has 1 aliphatic heterocycles. The lowest BCUT2D eigenvalue weighted by Crippen LogP contribution is -2.05. The van der Waals surface area contributed by atoms with E-state index in [4.69, 9.17) is 14.2 Å². The van der Waals surface area contributed by atoms with Crippen LogP contribution in [0.2, 0.25) is 0 Å². The minimum Gasteiger partial charge on any atom is -0.487 e. The van der Waals surface area contributed by atoms with Gasteiger partial charge in [-0.2, -0.15) is 0 Å².